The minimum absolute atomic E-state index is 0.103. The van der Waals surface area contributed by atoms with Crippen LogP contribution < -0.4 is 11.3 Å². The summed E-state index contributed by atoms with van der Waals surface area (Å²) in [5.74, 6) is 0.425. The lowest BCUT2D eigenvalue weighted by molar-refractivity contribution is 0.510. The van der Waals surface area contributed by atoms with Gasteiger partial charge >= 0.3 is 0 Å². The topological polar surface area (TPSA) is 48.0 Å². The number of nitrogens with zero attached hydrogens (tertiary/aromatic N) is 1. The van der Waals surface area contributed by atoms with Crippen LogP contribution in [-0.4, -0.2) is 9.56 Å². The van der Waals surface area contributed by atoms with Gasteiger partial charge in [-0.1, -0.05) is 26.1 Å². The van der Waals surface area contributed by atoms with Crippen LogP contribution in [0.5, 0.6) is 0 Å². The molecule has 0 saturated carbocycles. The molecule has 0 aliphatic carbocycles. The van der Waals surface area contributed by atoms with E-state index >= 15 is 0 Å². The van der Waals surface area contributed by atoms with E-state index in [1.807, 2.05) is 0 Å². The van der Waals surface area contributed by atoms with Gasteiger partial charge in [0.25, 0.3) is 5.56 Å². The molecule has 0 unspecified atom stereocenters. The van der Waals surface area contributed by atoms with Crippen LogP contribution >= 0.6 is 12.2 Å². The van der Waals surface area contributed by atoms with Crippen molar-refractivity contribution in [3.63, 3.8) is 0 Å². The third-order valence-corrected chi connectivity index (χ3v) is 2.07. The van der Waals surface area contributed by atoms with Gasteiger partial charge in [0.2, 0.25) is 0 Å². The highest BCUT2D eigenvalue weighted by atomic mass is 32.1. The molecule has 1 aromatic rings. The maximum atomic E-state index is 11.7. The van der Waals surface area contributed by atoms with Crippen molar-refractivity contribution in [2.75, 3.05) is 0 Å². The number of hydrogen-bond donors (Lipinski definition) is 1. The van der Waals surface area contributed by atoms with E-state index in [1.54, 1.807) is 22.9 Å². The van der Waals surface area contributed by atoms with Gasteiger partial charge in [0.1, 0.15) is 4.99 Å². The van der Waals surface area contributed by atoms with Crippen molar-refractivity contribution in [2.45, 2.75) is 20.4 Å². The monoisotopic (exact) mass is 210 g/mol. The largest absolute Gasteiger partial charge is 0.389 e. The molecule has 0 atom stereocenters. The van der Waals surface area contributed by atoms with Crippen molar-refractivity contribution in [3.8, 4) is 0 Å². The molecule has 1 heterocycles. The minimum atomic E-state index is -0.103. The Morgan fingerprint density at radius 2 is 2.29 bits per heavy atom. The predicted octanol–water partition coefficient (Wildman–Crippen LogP) is 1.14. The summed E-state index contributed by atoms with van der Waals surface area (Å²) in [7, 11) is 0. The molecular weight excluding hydrogens is 196 g/mol. The van der Waals surface area contributed by atoms with E-state index in [-0.39, 0.29) is 10.5 Å². The first-order valence-corrected chi connectivity index (χ1v) is 4.92. The molecule has 0 fully saturated rings. The molecule has 3 nitrogen and oxygen atoms in total. The van der Waals surface area contributed by atoms with Crippen LogP contribution in [-0.2, 0) is 6.54 Å². The van der Waals surface area contributed by atoms with Crippen LogP contribution in [0.3, 0.4) is 0 Å². The van der Waals surface area contributed by atoms with Crippen LogP contribution in [0.2, 0.25) is 0 Å². The smallest absolute Gasteiger partial charge is 0.260 e. The highest BCUT2D eigenvalue weighted by Gasteiger charge is 2.05. The van der Waals surface area contributed by atoms with E-state index in [1.165, 1.54) is 0 Å². The zero-order chi connectivity index (χ0) is 10.7. The summed E-state index contributed by atoms with van der Waals surface area (Å²) in [6.07, 6.45) is 1.75. The van der Waals surface area contributed by atoms with Gasteiger partial charge in [0.15, 0.2) is 0 Å². The van der Waals surface area contributed by atoms with Gasteiger partial charge in [-0.3, -0.25) is 4.79 Å². The van der Waals surface area contributed by atoms with E-state index < -0.39 is 0 Å². The molecular formula is C10H14N2OS. The lowest BCUT2D eigenvalue weighted by atomic mass is 10.2. The zero-order valence-electron chi connectivity index (χ0n) is 8.36. The fraction of sp³-hybridized carbons (Fsp3) is 0.400. The van der Waals surface area contributed by atoms with Crippen LogP contribution in [0.25, 0.3) is 0 Å². The summed E-state index contributed by atoms with van der Waals surface area (Å²) < 4.78 is 1.64. The molecule has 0 saturated heterocycles. The molecule has 4 heteroatoms. The third-order valence-electron chi connectivity index (χ3n) is 1.85. The lowest BCUT2D eigenvalue weighted by Crippen LogP contribution is -2.29. The van der Waals surface area contributed by atoms with Crippen LogP contribution in [0, 0.1) is 5.92 Å². The van der Waals surface area contributed by atoms with Crippen molar-refractivity contribution in [2.24, 2.45) is 11.7 Å². The summed E-state index contributed by atoms with van der Waals surface area (Å²) in [6.45, 7) is 4.80. The molecule has 0 aromatic carbocycles. The fourth-order valence-corrected chi connectivity index (χ4v) is 1.42. The molecule has 1 aromatic heterocycles. The van der Waals surface area contributed by atoms with Gasteiger partial charge in [-0.25, -0.2) is 0 Å². The SMILES string of the molecule is CC(C)Cn1cccc(C(N)=S)c1=O. The molecule has 2 N–H and O–H groups in total. The number of pyridine rings is 1. The molecule has 14 heavy (non-hydrogen) atoms. The van der Waals surface area contributed by atoms with Crippen molar-refractivity contribution >= 4 is 17.2 Å². The number of nitrogens with two attached hydrogens (primary N) is 1. The van der Waals surface area contributed by atoms with Gasteiger partial charge in [-0.05, 0) is 18.1 Å². The summed E-state index contributed by atoms with van der Waals surface area (Å²) in [4.78, 5) is 11.9. The summed E-state index contributed by atoms with van der Waals surface area (Å²) in [6, 6.07) is 3.44. The summed E-state index contributed by atoms with van der Waals surface area (Å²) >= 11 is 4.79. The van der Waals surface area contributed by atoms with Gasteiger partial charge in [-0.15, -0.1) is 0 Å². The lowest BCUT2D eigenvalue weighted by Gasteiger charge is -2.09. The second kappa shape index (κ2) is 4.37. The molecule has 76 valence electrons. The van der Waals surface area contributed by atoms with E-state index in [9.17, 15) is 4.79 Å². The number of rotatable bonds is 3. The third kappa shape index (κ3) is 2.42. The highest BCUT2D eigenvalue weighted by molar-refractivity contribution is 7.80. The quantitative estimate of drug-likeness (QED) is 0.761. The Kier molecular flexibility index (Phi) is 3.41. The number of thiocarbonyl (C=S) groups is 1. The first-order valence-electron chi connectivity index (χ1n) is 4.51. The fourth-order valence-electron chi connectivity index (χ4n) is 1.26. The average molecular weight is 210 g/mol. The van der Waals surface area contributed by atoms with Crippen LogP contribution in [0.15, 0.2) is 23.1 Å². The van der Waals surface area contributed by atoms with Crippen LogP contribution in [0.4, 0.5) is 0 Å². The van der Waals surface area contributed by atoms with Crippen molar-refractivity contribution in [1.29, 1.82) is 0 Å². The Balaban J connectivity index is 3.15. The van der Waals surface area contributed by atoms with Crippen molar-refractivity contribution in [3.05, 3.63) is 34.2 Å². The molecule has 0 aliphatic rings. The van der Waals surface area contributed by atoms with Crippen LogP contribution in [0.1, 0.15) is 19.4 Å². The Bertz CT molecular complexity index is 395. The Hall–Kier alpha value is -1.16. The van der Waals surface area contributed by atoms with Gasteiger partial charge in [-0.2, -0.15) is 0 Å². The van der Waals surface area contributed by atoms with E-state index in [0.717, 1.165) is 0 Å². The Morgan fingerprint density at radius 1 is 1.64 bits per heavy atom. The predicted molar refractivity (Wildman–Crippen MR) is 61.4 cm³/mol. The average Bonchev–Trinajstić information content (AvgIpc) is 2.07. The second-order valence-corrected chi connectivity index (χ2v) is 4.08. The molecule has 0 amide bonds. The number of aromatic nitrogens is 1. The van der Waals surface area contributed by atoms with Gasteiger partial charge in [0.05, 0.1) is 5.56 Å². The highest BCUT2D eigenvalue weighted by Crippen LogP contribution is 1.97. The first kappa shape index (κ1) is 10.9. The minimum Gasteiger partial charge on any atom is -0.389 e. The normalized spacial score (nSPS) is 10.5. The summed E-state index contributed by atoms with van der Waals surface area (Å²) in [5.41, 5.74) is 5.75. The molecule has 0 bridgehead atoms. The maximum absolute atomic E-state index is 11.7. The Morgan fingerprint density at radius 3 is 2.79 bits per heavy atom. The first-order chi connectivity index (χ1) is 6.52. The number of hydrogen-bond acceptors (Lipinski definition) is 2. The Labute approximate surface area is 88.5 Å². The second-order valence-electron chi connectivity index (χ2n) is 3.64. The molecule has 1 rings (SSSR count). The molecule has 0 spiro atoms. The summed E-state index contributed by atoms with van der Waals surface area (Å²) in [5, 5.41) is 0. The standard InChI is InChI=1S/C10H14N2OS/c1-7(2)6-12-5-3-4-8(9(11)14)10(12)13/h3-5,7H,6H2,1-2H3,(H2,11,14). The van der Waals surface area contributed by atoms with Gasteiger partial charge in [0, 0.05) is 12.7 Å². The molecule has 0 aliphatic heterocycles. The van der Waals surface area contributed by atoms with Gasteiger partial charge < -0.3 is 10.3 Å². The van der Waals surface area contributed by atoms with E-state index in [0.29, 0.717) is 18.0 Å². The van der Waals surface area contributed by atoms with E-state index in [4.69, 9.17) is 18.0 Å². The van der Waals surface area contributed by atoms with Crippen molar-refractivity contribution in [1.82, 2.24) is 4.57 Å². The zero-order valence-corrected chi connectivity index (χ0v) is 9.17. The molecule has 0 radical (unpaired) electrons. The van der Waals surface area contributed by atoms with Crippen molar-refractivity contribution < 1.29 is 0 Å². The van der Waals surface area contributed by atoms with E-state index in [2.05, 4.69) is 13.8 Å². The maximum Gasteiger partial charge on any atom is 0.260 e.